The van der Waals surface area contributed by atoms with E-state index in [1.165, 1.54) is 51.4 Å². The molecule has 6 atom stereocenters. The van der Waals surface area contributed by atoms with E-state index >= 15 is 0 Å². The van der Waals surface area contributed by atoms with E-state index in [9.17, 15) is 0 Å². The molecule has 0 amide bonds. The van der Waals surface area contributed by atoms with Gasteiger partial charge in [-0.1, -0.05) is 15.9 Å². The molecule has 10 bridgehead atoms. The summed E-state index contributed by atoms with van der Waals surface area (Å²) >= 11 is 4.51. The number of rotatable bonds is 0. The molecule has 1 aliphatic heterocycles. The summed E-state index contributed by atoms with van der Waals surface area (Å²) in [5.74, 6) is 7.67. The van der Waals surface area contributed by atoms with Crippen LogP contribution in [0.3, 0.4) is 0 Å². The van der Waals surface area contributed by atoms with Crippen LogP contribution < -0.4 is 0 Å². The molecule has 0 aromatic carbocycles. The Bertz CT molecular complexity index is 530. The van der Waals surface area contributed by atoms with Crippen LogP contribution >= 0.6 is 15.9 Å². The predicted octanol–water partition coefficient (Wildman–Crippen LogP) is 4.78. The topological polar surface area (TPSA) is 9.23 Å². The molecule has 1 spiro atoms. The van der Waals surface area contributed by atoms with Gasteiger partial charge in [0.2, 0.25) is 0 Å². The van der Waals surface area contributed by atoms with Gasteiger partial charge in [0, 0.05) is 5.92 Å². The minimum absolute atomic E-state index is 0.254. The Labute approximate surface area is 142 Å². The zero-order valence-corrected chi connectivity index (χ0v) is 14.9. The number of ether oxygens (including phenoxy) is 1. The van der Waals surface area contributed by atoms with Crippen molar-refractivity contribution in [1.29, 1.82) is 0 Å². The van der Waals surface area contributed by atoms with Gasteiger partial charge in [0.1, 0.15) is 0 Å². The molecule has 120 valence electrons. The van der Waals surface area contributed by atoms with Crippen molar-refractivity contribution in [2.24, 2.45) is 47.3 Å². The summed E-state index contributed by atoms with van der Waals surface area (Å²) in [6.07, 6.45) is 14.2. The second-order valence-electron chi connectivity index (χ2n) is 10.3. The minimum atomic E-state index is 0.254. The quantitative estimate of drug-likeness (QED) is 0.563. The summed E-state index contributed by atoms with van der Waals surface area (Å²) in [5.41, 5.74) is 0.254. The molecule has 1 nitrogen and oxygen atoms in total. The van der Waals surface area contributed by atoms with Gasteiger partial charge >= 0.3 is 0 Å². The van der Waals surface area contributed by atoms with Crippen LogP contribution in [-0.4, -0.2) is 16.0 Å². The van der Waals surface area contributed by atoms with E-state index in [1.54, 1.807) is 6.42 Å². The predicted molar refractivity (Wildman–Crippen MR) is 88.7 cm³/mol. The van der Waals surface area contributed by atoms with Gasteiger partial charge in [-0.25, -0.2) is 0 Å². The van der Waals surface area contributed by atoms with Crippen LogP contribution in [0.15, 0.2) is 0 Å². The zero-order chi connectivity index (χ0) is 14.3. The number of hydrogen-bond acceptors (Lipinski definition) is 1. The maximum Gasteiger partial charge on any atom is 0.0901 e. The van der Waals surface area contributed by atoms with Crippen molar-refractivity contribution in [3.05, 3.63) is 0 Å². The second-order valence-corrected chi connectivity index (χ2v) is 11.6. The smallest absolute Gasteiger partial charge is 0.0901 e. The molecule has 9 rings (SSSR count). The lowest BCUT2D eigenvalue weighted by Crippen LogP contribution is -2.70. The Morgan fingerprint density at radius 2 is 1.32 bits per heavy atom. The lowest BCUT2D eigenvalue weighted by Gasteiger charge is -2.66. The molecule has 9 aliphatic rings. The van der Waals surface area contributed by atoms with Gasteiger partial charge in [-0.15, -0.1) is 0 Å². The van der Waals surface area contributed by atoms with E-state index in [0.29, 0.717) is 10.4 Å². The van der Waals surface area contributed by atoms with Gasteiger partial charge in [0.25, 0.3) is 0 Å². The first-order chi connectivity index (χ1) is 10.7. The van der Waals surface area contributed by atoms with E-state index in [0.717, 1.165) is 47.3 Å². The third kappa shape index (κ3) is 1.14. The normalized spacial score (nSPS) is 72.7. The maximum absolute atomic E-state index is 7.27. The van der Waals surface area contributed by atoms with Crippen LogP contribution in [0.2, 0.25) is 0 Å². The first kappa shape index (κ1) is 12.8. The first-order valence-corrected chi connectivity index (χ1v) is 10.8. The molecular formula is C20H27BrO. The van der Waals surface area contributed by atoms with Crippen molar-refractivity contribution in [3.8, 4) is 0 Å². The first-order valence-electron chi connectivity index (χ1n) is 10.0. The summed E-state index contributed by atoms with van der Waals surface area (Å²) in [6, 6.07) is 0. The van der Waals surface area contributed by atoms with Crippen LogP contribution in [0.5, 0.6) is 0 Å². The average molecular weight is 363 g/mol. The molecule has 1 saturated heterocycles. The van der Waals surface area contributed by atoms with Gasteiger partial charge < -0.3 is 4.74 Å². The second kappa shape index (κ2) is 3.66. The summed E-state index contributed by atoms with van der Waals surface area (Å²) in [4.78, 5) is 0. The molecule has 0 aromatic heterocycles. The highest BCUT2D eigenvalue weighted by molar-refractivity contribution is 9.10. The van der Waals surface area contributed by atoms with Crippen LogP contribution in [0.25, 0.3) is 0 Å². The maximum atomic E-state index is 7.27. The summed E-state index contributed by atoms with van der Waals surface area (Å²) in [6.45, 7) is 0. The van der Waals surface area contributed by atoms with Crippen LogP contribution in [0.1, 0.15) is 57.8 Å². The summed E-state index contributed by atoms with van der Waals surface area (Å²) < 4.78 is 7.65. The third-order valence-corrected chi connectivity index (χ3v) is 11.6. The number of halogens is 1. The highest BCUT2D eigenvalue weighted by Crippen LogP contribution is 2.77. The fourth-order valence-corrected chi connectivity index (χ4v) is 11.2. The molecule has 0 unspecified atom stereocenters. The molecule has 0 aromatic rings. The van der Waals surface area contributed by atoms with E-state index in [2.05, 4.69) is 15.9 Å². The van der Waals surface area contributed by atoms with Crippen molar-refractivity contribution >= 4 is 15.9 Å². The highest BCUT2D eigenvalue weighted by Gasteiger charge is 2.79. The van der Waals surface area contributed by atoms with Crippen molar-refractivity contribution in [1.82, 2.24) is 0 Å². The van der Waals surface area contributed by atoms with Gasteiger partial charge in [0.05, 0.1) is 16.0 Å². The Morgan fingerprint density at radius 1 is 0.682 bits per heavy atom. The van der Waals surface area contributed by atoms with Crippen molar-refractivity contribution in [2.45, 2.75) is 73.8 Å². The lowest BCUT2D eigenvalue weighted by molar-refractivity contribution is -0.205. The van der Waals surface area contributed by atoms with Crippen molar-refractivity contribution < 1.29 is 4.74 Å². The molecule has 1 heterocycles. The highest BCUT2D eigenvalue weighted by atomic mass is 79.9. The summed E-state index contributed by atoms with van der Waals surface area (Å²) in [5, 5.41) is 0. The molecule has 22 heavy (non-hydrogen) atoms. The average Bonchev–Trinajstić information content (AvgIpc) is 2.72. The Kier molecular flexibility index (Phi) is 2.12. The van der Waals surface area contributed by atoms with Gasteiger partial charge in [-0.3, -0.25) is 0 Å². The Morgan fingerprint density at radius 3 is 2.05 bits per heavy atom. The Balaban J connectivity index is 1.43. The van der Waals surface area contributed by atoms with Crippen LogP contribution in [0, 0.1) is 47.3 Å². The number of alkyl halides is 1. The largest absolute Gasteiger partial charge is 0.369 e. The molecule has 8 aliphatic carbocycles. The summed E-state index contributed by atoms with van der Waals surface area (Å²) in [7, 11) is 0. The van der Waals surface area contributed by atoms with Crippen LogP contribution in [-0.2, 0) is 4.74 Å². The van der Waals surface area contributed by atoms with E-state index in [4.69, 9.17) is 4.74 Å². The fraction of sp³-hybridized carbons (Fsp3) is 1.00. The fourth-order valence-electron chi connectivity index (χ4n) is 9.63. The number of hydrogen-bond donors (Lipinski definition) is 0. The van der Waals surface area contributed by atoms with E-state index in [1.807, 2.05) is 0 Å². The van der Waals surface area contributed by atoms with Gasteiger partial charge in [-0.05, 0) is 99.2 Å². The molecule has 9 fully saturated rings. The Hall–Kier alpha value is 0.440. The van der Waals surface area contributed by atoms with E-state index in [-0.39, 0.29) is 5.60 Å². The van der Waals surface area contributed by atoms with Gasteiger partial charge in [0.15, 0.2) is 0 Å². The van der Waals surface area contributed by atoms with Gasteiger partial charge in [-0.2, -0.15) is 0 Å². The molecule has 0 radical (unpaired) electrons. The minimum Gasteiger partial charge on any atom is -0.369 e. The molecule has 8 saturated carbocycles. The molecular weight excluding hydrogens is 336 g/mol. The van der Waals surface area contributed by atoms with Crippen molar-refractivity contribution in [2.75, 3.05) is 0 Å². The lowest BCUT2D eigenvalue weighted by atomic mass is 9.41. The molecule has 2 heteroatoms. The van der Waals surface area contributed by atoms with E-state index < -0.39 is 0 Å². The van der Waals surface area contributed by atoms with Crippen LogP contribution in [0.4, 0.5) is 0 Å². The SMILES string of the molecule is Br[C@]12[C@H]3C[C@@H]4C[C@H](C3)[C@H](OC13C1CC5CC(C1)CC3C5)[C@H]2C4. The van der Waals surface area contributed by atoms with Crippen molar-refractivity contribution in [3.63, 3.8) is 0 Å². The standard InChI is InChI=1S/C20H27BrO/c21-19-14-3-12-2-13(9-14)18(17(19)8-12)22-20(19)15-4-10-1-11(6-15)7-16(20)5-10/h10-18H,1-9H2/t10?,11?,12-,13+,14-,15?,16?,17+,18-,19-,20?/m0/s1. The zero-order valence-electron chi connectivity index (χ0n) is 13.3. The third-order valence-electron chi connectivity index (χ3n) is 9.70. The monoisotopic (exact) mass is 362 g/mol. The molecule has 0 N–H and O–H groups in total.